The van der Waals surface area contributed by atoms with E-state index in [1.54, 1.807) is 0 Å². The van der Waals surface area contributed by atoms with Gasteiger partial charge < -0.3 is 4.74 Å². The van der Waals surface area contributed by atoms with E-state index >= 15 is 0 Å². The van der Waals surface area contributed by atoms with E-state index in [0.717, 1.165) is 17.9 Å². The zero-order valence-electron chi connectivity index (χ0n) is 9.81. The normalized spacial score (nSPS) is 12.7. The molecule has 0 bridgehead atoms. The molecule has 0 aliphatic carbocycles. The lowest BCUT2D eigenvalue weighted by Gasteiger charge is -2.20. The van der Waals surface area contributed by atoms with Gasteiger partial charge >= 0.3 is 0 Å². The first-order chi connectivity index (χ1) is 8.90. The summed E-state index contributed by atoms with van der Waals surface area (Å²) in [5.74, 6) is 1.93. The van der Waals surface area contributed by atoms with Crippen LogP contribution in [-0.4, -0.2) is 0 Å². The molecule has 1 aliphatic heterocycles. The summed E-state index contributed by atoms with van der Waals surface area (Å²) >= 11 is 0. The van der Waals surface area contributed by atoms with Gasteiger partial charge in [0.2, 0.25) is 0 Å². The van der Waals surface area contributed by atoms with E-state index in [1.807, 2.05) is 18.2 Å². The molecule has 0 aromatic heterocycles. The molecule has 1 nitrogen and oxygen atoms in total. The summed E-state index contributed by atoms with van der Waals surface area (Å²) in [6.45, 7) is 0. The van der Waals surface area contributed by atoms with E-state index in [0.29, 0.717) is 0 Å². The van der Waals surface area contributed by atoms with Gasteiger partial charge in [0.15, 0.2) is 0 Å². The van der Waals surface area contributed by atoms with Crippen LogP contribution in [0.1, 0.15) is 11.1 Å². The Morgan fingerprint density at radius 2 is 1.72 bits per heavy atom. The summed E-state index contributed by atoms with van der Waals surface area (Å²) < 4.78 is 5.97. The number of ether oxygens (including phenoxy) is 1. The van der Waals surface area contributed by atoms with Crippen LogP contribution < -0.4 is 4.74 Å². The third-order valence-corrected chi connectivity index (χ3v) is 3.43. The standard InChI is InChI=1S/C17H11O/c1-2-6-13-11-17-15(9-12(13)5-1)10-14-7-3-4-8-16(14)18-17/h1-2,4-9,11H,10H2. The zero-order chi connectivity index (χ0) is 11.9. The van der Waals surface area contributed by atoms with Crippen molar-refractivity contribution in [2.75, 3.05) is 0 Å². The smallest absolute Gasteiger partial charge is 0.131 e. The summed E-state index contributed by atoms with van der Waals surface area (Å²) in [6, 6.07) is 21.7. The SMILES string of the molecule is [c]1ccc2c(c1)Cc1cc3ccccc3cc1O2. The van der Waals surface area contributed by atoms with E-state index in [4.69, 9.17) is 4.74 Å². The first-order valence-corrected chi connectivity index (χ1v) is 6.09. The van der Waals surface area contributed by atoms with E-state index < -0.39 is 0 Å². The lowest BCUT2D eigenvalue weighted by Crippen LogP contribution is -2.02. The van der Waals surface area contributed by atoms with E-state index in [2.05, 4.69) is 42.5 Å². The number of benzene rings is 3. The van der Waals surface area contributed by atoms with Crippen LogP contribution in [-0.2, 0) is 6.42 Å². The highest BCUT2D eigenvalue weighted by Gasteiger charge is 2.16. The Bertz CT molecular complexity index is 680. The average Bonchev–Trinajstić information content (AvgIpc) is 2.42. The van der Waals surface area contributed by atoms with Crippen molar-refractivity contribution >= 4 is 10.8 Å². The Labute approximate surface area is 106 Å². The second-order valence-electron chi connectivity index (χ2n) is 4.62. The van der Waals surface area contributed by atoms with Crippen molar-refractivity contribution in [1.82, 2.24) is 0 Å². The maximum Gasteiger partial charge on any atom is 0.131 e. The molecule has 0 saturated carbocycles. The first kappa shape index (κ1) is 9.72. The molecular weight excluding hydrogens is 220 g/mol. The molecule has 3 aromatic rings. The van der Waals surface area contributed by atoms with Crippen molar-refractivity contribution in [3.05, 3.63) is 71.8 Å². The van der Waals surface area contributed by atoms with Crippen LogP contribution in [0.3, 0.4) is 0 Å². The predicted octanol–water partition coefficient (Wildman–Crippen LogP) is 4.34. The molecule has 1 heteroatoms. The van der Waals surface area contributed by atoms with Crippen molar-refractivity contribution in [3.8, 4) is 11.5 Å². The van der Waals surface area contributed by atoms with E-state index in [1.165, 1.54) is 21.9 Å². The Kier molecular flexibility index (Phi) is 1.95. The van der Waals surface area contributed by atoms with Crippen molar-refractivity contribution in [3.63, 3.8) is 0 Å². The van der Waals surface area contributed by atoms with Crippen LogP contribution in [0.15, 0.2) is 54.6 Å². The van der Waals surface area contributed by atoms with Crippen LogP contribution in [0.4, 0.5) is 0 Å². The van der Waals surface area contributed by atoms with Crippen molar-refractivity contribution in [2.24, 2.45) is 0 Å². The molecule has 0 N–H and O–H groups in total. The number of hydrogen-bond donors (Lipinski definition) is 0. The Morgan fingerprint density at radius 1 is 0.889 bits per heavy atom. The van der Waals surface area contributed by atoms with Crippen LogP contribution in [0.2, 0.25) is 0 Å². The Hall–Kier alpha value is -2.28. The highest BCUT2D eigenvalue weighted by molar-refractivity contribution is 5.85. The third-order valence-electron chi connectivity index (χ3n) is 3.43. The molecule has 0 fully saturated rings. The van der Waals surface area contributed by atoms with Gasteiger partial charge in [0.1, 0.15) is 11.5 Å². The average molecular weight is 231 g/mol. The second-order valence-corrected chi connectivity index (χ2v) is 4.62. The predicted molar refractivity (Wildman–Crippen MR) is 72.1 cm³/mol. The monoisotopic (exact) mass is 231 g/mol. The molecule has 0 atom stereocenters. The molecular formula is C17H11O. The summed E-state index contributed by atoms with van der Waals surface area (Å²) in [4.78, 5) is 0. The van der Waals surface area contributed by atoms with Gasteiger partial charge in [0.05, 0.1) is 0 Å². The topological polar surface area (TPSA) is 9.23 Å². The Balaban J connectivity index is 1.92. The summed E-state index contributed by atoms with van der Waals surface area (Å²) in [5.41, 5.74) is 2.46. The van der Waals surface area contributed by atoms with E-state index in [9.17, 15) is 0 Å². The highest BCUT2D eigenvalue weighted by atomic mass is 16.5. The van der Waals surface area contributed by atoms with Gasteiger partial charge in [-0.05, 0) is 52.2 Å². The minimum absolute atomic E-state index is 0.923. The van der Waals surface area contributed by atoms with Crippen molar-refractivity contribution < 1.29 is 4.74 Å². The van der Waals surface area contributed by atoms with Gasteiger partial charge in [-0.15, -0.1) is 0 Å². The van der Waals surface area contributed by atoms with Gasteiger partial charge in [0, 0.05) is 6.42 Å². The summed E-state index contributed by atoms with van der Waals surface area (Å²) in [5, 5.41) is 2.49. The molecule has 4 rings (SSSR count). The van der Waals surface area contributed by atoms with Gasteiger partial charge in [-0.2, -0.15) is 0 Å². The highest BCUT2D eigenvalue weighted by Crippen LogP contribution is 2.38. The molecule has 0 spiro atoms. The molecule has 1 aliphatic rings. The minimum Gasteiger partial charge on any atom is -0.457 e. The number of rotatable bonds is 0. The van der Waals surface area contributed by atoms with Crippen LogP contribution >= 0.6 is 0 Å². The minimum atomic E-state index is 0.923. The first-order valence-electron chi connectivity index (χ1n) is 6.09. The fourth-order valence-corrected chi connectivity index (χ4v) is 2.51. The Morgan fingerprint density at radius 3 is 2.61 bits per heavy atom. The van der Waals surface area contributed by atoms with E-state index in [-0.39, 0.29) is 0 Å². The van der Waals surface area contributed by atoms with Crippen LogP contribution in [0.5, 0.6) is 11.5 Å². The van der Waals surface area contributed by atoms with Gasteiger partial charge in [-0.1, -0.05) is 30.3 Å². The molecule has 0 amide bonds. The van der Waals surface area contributed by atoms with Crippen LogP contribution in [0, 0.1) is 6.07 Å². The molecule has 3 aromatic carbocycles. The molecule has 85 valence electrons. The van der Waals surface area contributed by atoms with Crippen molar-refractivity contribution in [1.29, 1.82) is 0 Å². The van der Waals surface area contributed by atoms with Gasteiger partial charge in [-0.3, -0.25) is 0 Å². The lowest BCUT2D eigenvalue weighted by molar-refractivity contribution is 0.461. The largest absolute Gasteiger partial charge is 0.457 e. The fraction of sp³-hybridized carbons (Fsp3) is 0.0588. The van der Waals surface area contributed by atoms with Crippen LogP contribution in [0.25, 0.3) is 10.8 Å². The second kappa shape index (κ2) is 3.61. The summed E-state index contributed by atoms with van der Waals surface area (Å²) in [7, 11) is 0. The quantitative estimate of drug-likeness (QED) is 0.437. The molecule has 1 radical (unpaired) electrons. The van der Waals surface area contributed by atoms with Gasteiger partial charge in [0.25, 0.3) is 0 Å². The summed E-state index contributed by atoms with van der Waals surface area (Å²) in [6.07, 6.45) is 0.923. The van der Waals surface area contributed by atoms with Crippen molar-refractivity contribution in [2.45, 2.75) is 6.42 Å². The third kappa shape index (κ3) is 1.41. The molecule has 1 heterocycles. The lowest BCUT2D eigenvalue weighted by atomic mass is 9.97. The molecule has 18 heavy (non-hydrogen) atoms. The number of fused-ring (bicyclic) bond motifs is 3. The molecule has 0 unspecified atom stereocenters. The maximum atomic E-state index is 5.97. The maximum absolute atomic E-state index is 5.97. The zero-order valence-corrected chi connectivity index (χ0v) is 9.81. The van der Waals surface area contributed by atoms with Gasteiger partial charge in [-0.25, -0.2) is 0 Å². The number of hydrogen-bond acceptors (Lipinski definition) is 1. The fourth-order valence-electron chi connectivity index (χ4n) is 2.51. The molecule has 0 saturated heterocycles.